The molecule has 2 heterocycles. The van der Waals surface area contributed by atoms with Crippen molar-refractivity contribution in [2.75, 3.05) is 5.32 Å². The number of amides is 1. The summed E-state index contributed by atoms with van der Waals surface area (Å²) in [5, 5.41) is 2.73. The van der Waals surface area contributed by atoms with Crippen LogP contribution in [0.5, 0.6) is 0 Å². The van der Waals surface area contributed by atoms with Crippen molar-refractivity contribution in [3.63, 3.8) is 0 Å². The minimum atomic E-state index is -0.223. The van der Waals surface area contributed by atoms with Gasteiger partial charge in [-0.3, -0.25) is 9.59 Å². The normalized spacial score (nSPS) is 10.5. The summed E-state index contributed by atoms with van der Waals surface area (Å²) in [6.45, 7) is 3.90. The van der Waals surface area contributed by atoms with Crippen molar-refractivity contribution in [2.45, 2.75) is 26.7 Å². The minimum Gasteiger partial charge on any atom is -0.323 e. The molecule has 0 unspecified atom stereocenters. The Bertz CT molecular complexity index is 918. The van der Waals surface area contributed by atoms with Gasteiger partial charge in [0.1, 0.15) is 0 Å². The number of carbonyl (C=O) groups is 2. The third-order valence-electron chi connectivity index (χ3n) is 3.89. The second-order valence-corrected chi connectivity index (χ2v) is 7.42. The van der Waals surface area contributed by atoms with E-state index in [1.54, 1.807) is 23.7 Å². The maximum Gasteiger partial charge on any atom is 0.224 e. The predicted octanol–water partition coefficient (Wildman–Crippen LogP) is 4.42. The van der Waals surface area contributed by atoms with E-state index in [1.807, 2.05) is 50.2 Å². The molecule has 0 spiro atoms. The first-order valence-electron chi connectivity index (χ1n) is 8.30. The third-order valence-corrected chi connectivity index (χ3v) is 4.85. The monoisotopic (exact) mass is 365 g/mol. The van der Waals surface area contributed by atoms with E-state index in [0.717, 1.165) is 20.9 Å². The Labute approximate surface area is 156 Å². The molecule has 26 heavy (non-hydrogen) atoms. The number of nitrogens with one attached hydrogen (secondary N) is 1. The Hall–Kier alpha value is -2.86. The van der Waals surface area contributed by atoms with Crippen LogP contribution in [0, 0.1) is 13.8 Å². The number of nitrogens with zero attached hydrogens (tertiary/aromatic N) is 2. The lowest BCUT2D eigenvalue weighted by atomic mass is 10.1. The first kappa shape index (κ1) is 17.9. The molecule has 1 aromatic carbocycles. The molecule has 0 saturated heterocycles. The summed E-state index contributed by atoms with van der Waals surface area (Å²) in [7, 11) is 0. The summed E-state index contributed by atoms with van der Waals surface area (Å²) >= 11 is 1.60. The molecule has 0 aliphatic rings. The molecular weight excluding hydrogens is 346 g/mol. The van der Waals surface area contributed by atoms with Crippen molar-refractivity contribution >= 4 is 28.7 Å². The zero-order chi connectivity index (χ0) is 18.5. The number of benzene rings is 1. The molecule has 0 radical (unpaired) electrons. The number of aromatic nitrogens is 2. The third kappa shape index (κ3) is 4.40. The summed E-state index contributed by atoms with van der Waals surface area (Å²) in [4.78, 5) is 35.0. The van der Waals surface area contributed by atoms with Gasteiger partial charge in [0.2, 0.25) is 5.91 Å². The van der Waals surface area contributed by atoms with Gasteiger partial charge in [-0.15, -0.1) is 11.3 Å². The predicted molar refractivity (Wildman–Crippen MR) is 103 cm³/mol. The van der Waals surface area contributed by atoms with Gasteiger partial charge in [-0.1, -0.05) is 30.3 Å². The fourth-order valence-corrected chi connectivity index (χ4v) is 3.56. The lowest BCUT2D eigenvalue weighted by Crippen LogP contribution is -2.14. The van der Waals surface area contributed by atoms with Crippen LogP contribution in [0.3, 0.4) is 0 Å². The zero-order valence-corrected chi connectivity index (χ0v) is 15.5. The van der Waals surface area contributed by atoms with Gasteiger partial charge in [-0.05, 0) is 19.9 Å². The Morgan fingerprint density at radius 3 is 2.35 bits per heavy atom. The average Bonchev–Trinajstić information content (AvgIpc) is 2.99. The van der Waals surface area contributed by atoms with Crippen molar-refractivity contribution < 1.29 is 9.59 Å². The molecule has 1 amide bonds. The van der Waals surface area contributed by atoms with Gasteiger partial charge in [0.25, 0.3) is 0 Å². The lowest BCUT2D eigenvalue weighted by Gasteiger charge is -2.05. The highest BCUT2D eigenvalue weighted by atomic mass is 32.1. The van der Waals surface area contributed by atoms with Crippen LogP contribution >= 0.6 is 11.3 Å². The van der Waals surface area contributed by atoms with E-state index in [-0.39, 0.29) is 24.5 Å². The molecule has 0 atom stereocenters. The molecule has 1 N–H and O–H groups in total. The van der Waals surface area contributed by atoms with Crippen LogP contribution < -0.4 is 5.32 Å². The number of aryl methyl sites for hydroxylation is 2. The molecule has 0 saturated carbocycles. The van der Waals surface area contributed by atoms with Crippen LogP contribution in [-0.4, -0.2) is 21.7 Å². The van der Waals surface area contributed by atoms with E-state index in [9.17, 15) is 9.59 Å². The molecule has 132 valence electrons. The van der Waals surface area contributed by atoms with Crippen LogP contribution in [0.2, 0.25) is 0 Å². The van der Waals surface area contributed by atoms with E-state index in [0.29, 0.717) is 11.5 Å². The van der Waals surface area contributed by atoms with Gasteiger partial charge in [0, 0.05) is 33.7 Å². The summed E-state index contributed by atoms with van der Waals surface area (Å²) < 4.78 is 0. The van der Waals surface area contributed by atoms with Crippen molar-refractivity contribution in [1.82, 2.24) is 9.97 Å². The highest BCUT2D eigenvalue weighted by Crippen LogP contribution is 2.22. The maximum atomic E-state index is 12.2. The van der Waals surface area contributed by atoms with Gasteiger partial charge in [0.15, 0.2) is 11.6 Å². The van der Waals surface area contributed by atoms with Gasteiger partial charge in [-0.2, -0.15) is 0 Å². The molecule has 0 bridgehead atoms. The number of anilines is 1. The summed E-state index contributed by atoms with van der Waals surface area (Å²) in [6.07, 6.45) is 3.46. The van der Waals surface area contributed by atoms with Crippen LogP contribution in [-0.2, 0) is 4.79 Å². The topological polar surface area (TPSA) is 72.0 Å². The van der Waals surface area contributed by atoms with Crippen LogP contribution in [0.4, 0.5) is 5.69 Å². The number of hydrogen-bond donors (Lipinski definition) is 1. The van der Waals surface area contributed by atoms with Crippen molar-refractivity contribution in [1.29, 1.82) is 0 Å². The SMILES string of the molecule is Cc1cc(C(=O)CCC(=O)Nc2cnc(-c3ccccc3)nc2)c(C)s1. The Kier molecular flexibility index (Phi) is 5.53. The zero-order valence-electron chi connectivity index (χ0n) is 14.7. The number of rotatable bonds is 6. The summed E-state index contributed by atoms with van der Waals surface area (Å²) in [5.41, 5.74) is 2.15. The first-order valence-corrected chi connectivity index (χ1v) is 9.12. The van der Waals surface area contributed by atoms with E-state index in [4.69, 9.17) is 0 Å². The number of Topliss-reactive ketones (excluding diaryl/α,β-unsaturated/α-hetero) is 1. The van der Waals surface area contributed by atoms with Gasteiger partial charge in [0.05, 0.1) is 18.1 Å². The molecule has 0 aliphatic carbocycles. The largest absolute Gasteiger partial charge is 0.323 e. The molecule has 6 heteroatoms. The van der Waals surface area contributed by atoms with Crippen LogP contribution in [0.25, 0.3) is 11.4 Å². The van der Waals surface area contributed by atoms with Crippen molar-refractivity contribution in [2.24, 2.45) is 0 Å². The van der Waals surface area contributed by atoms with Gasteiger partial charge in [-0.25, -0.2) is 9.97 Å². The molecule has 3 aromatic rings. The van der Waals surface area contributed by atoms with E-state index >= 15 is 0 Å². The fraction of sp³-hybridized carbons (Fsp3) is 0.200. The lowest BCUT2D eigenvalue weighted by molar-refractivity contribution is -0.116. The highest BCUT2D eigenvalue weighted by molar-refractivity contribution is 7.12. The number of thiophene rings is 1. The van der Waals surface area contributed by atoms with Gasteiger partial charge >= 0.3 is 0 Å². The Balaban J connectivity index is 1.55. The van der Waals surface area contributed by atoms with E-state index in [2.05, 4.69) is 15.3 Å². The molecular formula is C20H19N3O2S. The minimum absolute atomic E-state index is 0.00215. The fourth-order valence-electron chi connectivity index (χ4n) is 2.62. The molecule has 0 aliphatic heterocycles. The number of hydrogen-bond acceptors (Lipinski definition) is 5. The standard InChI is InChI=1S/C20H19N3O2S/c1-13-10-17(14(2)26-13)18(24)8-9-19(25)23-16-11-21-20(22-12-16)15-6-4-3-5-7-15/h3-7,10-12H,8-9H2,1-2H3,(H,23,25). The Morgan fingerprint density at radius 1 is 1.04 bits per heavy atom. The maximum absolute atomic E-state index is 12.2. The highest BCUT2D eigenvalue weighted by Gasteiger charge is 2.14. The first-order chi connectivity index (χ1) is 12.5. The van der Waals surface area contributed by atoms with Crippen molar-refractivity contribution in [3.05, 3.63) is 64.1 Å². The Morgan fingerprint density at radius 2 is 1.73 bits per heavy atom. The average molecular weight is 365 g/mol. The number of ketones is 1. The molecule has 3 rings (SSSR count). The smallest absolute Gasteiger partial charge is 0.224 e. The second-order valence-electron chi connectivity index (χ2n) is 5.96. The molecule has 5 nitrogen and oxygen atoms in total. The van der Waals surface area contributed by atoms with Crippen molar-refractivity contribution in [3.8, 4) is 11.4 Å². The van der Waals surface area contributed by atoms with Crippen LogP contribution in [0.15, 0.2) is 48.8 Å². The molecule has 2 aromatic heterocycles. The van der Waals surface area contributed by atoms with E-state index < -0.39 is 0 Å². The van der Waals surface area contributed by atoms with Gasteiger partial charge < -0.3 is 5.32 Å². The quantitative estimate of drug-likeness (QED) is 0.656. The second kappa shape index (κ2) is 8.01. The summed E-state index contributed by atoms with van der Waals surface area (Å²) in [6, 6.07) is 11.5. The van der Waals surface area contributed by atoms with E-state index in [1.165, 1.54) is 0 Å². The van der Waals surface area contributed by atoms with Crippen LogP contribution in [0.1, 0.15) is 33.0 Å². The summed E-state index contributed by atoms with van der Waals surface area (Å²) in [5.74, 6) is 0.374. The number of carbonyl (C=O) groups excluding carboxylic acids is 2. The molecule has 0 fully saturated rings.